The number of benzene rings is 1. The van der Waals surface area contributed by atoms with E-state index in [9.17, 15) is 9.59 Å². The summed E-state index contributed by atoms with van der Waals surface area (Å²) < 4.78 is 7.98. The maximum absolute atomic E-state index is 12.7. The number of rotatable bonds is 2. The molecule has 0 aliphatic carbocycles. The molecule has 0 spiro atoms. The van der Waals surface area contributed by atoms with Crippen molar-refractivity contribution in [2.24, 2.45) is 14.1 Å². The molecule has 138 valence electrons. The van der Waals surface area contributed by atoms with E-state index in [0.717, 1.165) is 15.6 Å². The summed E-state index contributed by atoms with van der Waals surface area (Å²) in [7, 11) is 3.04. The highest BCUT2D eigenvalue weighted by molar-refractivity contribution is 5.89. The highest BCUT2D eigenvalue weighted by Gasteiger charge is 2.20. The van der Waals surface area contributed by atoms with Crippen LogP contribution in [0.15, 0.2) is 62.7 Å². The summed E-state index contributed by atoms with van der Waals surface area (Å²) in [5.74, 6) is 1.09. The topological polar surface area (TPSA) is 98.7 Å². The Morgan fingerprint density at radius 3 is 2.57 bits per heavy atom. The van der Waals surface area contributed by atoms with Gasteiger partial charge in [0.2, 0.25) is 0 Å². The van der Waals surface area contributed by atoms with E-state index in [-0.39, 0.29) is 0 Å². The number of nitrogens with one attached hydrogen (secondary N) is 1. The van der Waals surface area contributed by atoms with Gasteiger partial charge in [0, 0.05) is 19.7 Å². The molecule has 0 radical (unpaired) electrons. The van der Waals surface area contributed by atoms with Crippen molar-refractivity contribution < 1.29 is 4.42 Å². The first-order chi connectivity index (χ1) is 13.5. The zero-order chi connectivity index (χ0) is 19.4. The molecule has 0 bridgehead atoms. The van der Waals surface area contributed by atoms with E-state index < -0.39 is 11.2 Å². The average Bonchev–Trinajstić information content (AvgIpc) is 3.39. The number of hydrogen-bond acceptors (Lipinski definition) is 5. The zero-order valence-corrected chi connectivity index (χ0v) is 15.1. The maximum Gasteiger partial charge on any atom is 0.332 e. The lowest BCUT2D eigenvalue weighted by atomic mass is 10.1. The van der Waals surface area contributed by atoms with Gasteiger partial charge >= 0.3 is 5.69 Å². The fourth-order valence-corrected chi connectivity index (χ4v) is 3.36. The van der Waals surface area contributed by atoms with E-state index in [1.165, 1.54) is 11.6 Å². The minimum Gasteiger partial charge on any atom is -0.463 e. The lowest BCUT2D eigenvalue weighted by molar-refractivity contribution is 0.580. The van der Waals surface area contributed by atoms with Crippen molar-refractivity contribution >= 4 is 22.1 Å². The number of hydrogen-bond donors (Lipinski definition) is 1. The Morgan fingerprint density at radius 1 is 1.00 bits per heavy atom. The summed E-state index contributed by atoms with van der Waals surface area (Å²) in [5, 5.41) is 0.329. The van der Waals surface area contributed by atoms with Gasteiger partial charge in [-0.15, -0.1) is 0 Å². The number of aromatic nitrogens is 5. The van der Waals surface area contributed by atoms with E-state index in [2.05, 4.69) is 15.0 Å². The Bertz CT molecular complexity index is 1440. The quantitative estimate of drug-likeness (QED) is 0.512. The third-order valence-electron chi connectivity index (χ3n) is 4.83. The van der Waals surface area contributed by atoms with Crippen molar-refractivity contribution in [1.29, 1.82) is 0 Å². The first-order valence-electron chi connectivity index (χ1n) is 8.64. The number of H-pyrrole nitrogens is 1. The number of aryl methyl sites for hydroxylation is 1. The maximum atomic E-state index is 12.7. The predicted octanol–water partition coefficient (Wildman–Crippen LogP) is 2.44. The van der Waals surface area contributed by atoms with Gasteiger partial charge in [0.1, 0.15) is 17.2 Å². The Morgan fingerprint density at radius 2 is 1.82 bits per heavy atom. The lowest BCUT2D eigenvalue weighted by Gasteiger charge is -2.10. The average molecular weight is 373 g/mol. The normalized spacial score (nSPS) is 11.5. The Balaban J connectivity index is 1.93. The number of imidazole rings is 1. The van der Waals surface area contributed by atoms with Gasteiger partial charge in [0.25, 0.3) is 5.56 Å². The molecule has 0 aliphatic heterocycles. The van der Waals surface area contributed by atoms with Gasteiger partial charge in [-0.05, 0) is 30.3 Å². The van der Waals surface area contributed by atoms with Crippen LogP contribution in [0.4, 0.5) is 0 Å². The standard InChI is InChI=1S/C20H15N5O3/c1-24-18-12(19(26)25(2)20(24)27)10-11(16(23-18)15-8-5-9-28-15)17-21-13-6-3-4-7-14(13)22-17/h3-10H,1-2H3,(H,21,22). The van der Waals surface area contributed by atoms with Crippen molar-refractivity contribution in [3.05, 3.63) is 69.6 Å². The first kappa shape index (κ1) is 16.2. The Hall–Kier alpha value is -3.94. The fraction of sp³-hybridized carbons (Fsp3) is 0.100. The molecule has 5 aromatic rings. The van der Waals surface area contributed by atoms with Crippen LogP contribution < -0.4 is 11.2 Å². The molecule has 5 rings (SSSR count). The summed E-state index contributed by atoms with van der Waals surface area (Å²) in [6, 6.07) is 12.9. The van der Waals surface area contributed by atoms with Crippen molar-refractivity contribution in [2.75, 3.05) is 0 Å². The van der Waals surface area contributed by atoms with Crippen LogP contribution in [0.3, 0.4) is 0 Å². The molecule has 0 unspecified atom stereocenters. The molecule has 1 N–H and O–H groups in total. The van der Waals surface area contributed by atoms with E-state index in [4.69, 9.17) is 4.42 Å². The van der Waals surface area contributed by atoms with Gasteiger partial charge in [-0.3, -0.25) is 13.9 Å². The zero-order valence-electron chi connectivity index (χ0n) is 15.1. The first-order valence-corrected chi connectivity index (χ1v) is 8.64. The number of para-hydroxylation sites is 2. The largest absolute Gasteiger partial charge is 0.463 e. The SMILES string of the molecule is Cn1c(=O)c2cc(-c3nc4ccccc4[nH]3)c(-c3ccco3)nc2n(C)c1=O. The van der Waals surface area contributed by atoms with Crippen molar-refractivity contribution in [3.8, 4) is 22.8 Å². The predicted molar refractivity (Wildman–Crippen MR) is 105 cm³/mol. The molecule has 8 heteroatoms. The molecule has 0 atom stereocenters. The van der Waals surface area contributed by atoms with Crippen LogP contribution in [0.1, 0.15) is 0 Å². The molecule has 4 aromatic heterocycles. The lowest BCUT2D eigenvalue weighted by Crippen LogP contribution is -2.37. The van der Waals surface area contributed by atoms with Crippen molar-refractivity contribution in [1.82, 2.24) is 24.1 Å². The summed E-state index contributed by atoms with van der Waals surface area (Å²) in [6.45, 7) is 0. The minimum atomic E-state index is -0.438. The molecule has 0 saturated carbocycles. The minimum absolute atomic E-state index is 0.291. The Labute approximate surface area is 157 Å². The second-order valence-corrected chi connectivity index (χ2v) is 6.54. The molecule has 28 heavy (non-hydrogen) atoms. The van der Waals surface area contributed by atoms with Crippen molar-refractivity contribution in [3.63, 3.8) is 0 Å². The van der Waals surface area contributed by atoms with E-state index in [1.807, 2.05) is 24.3 Å². The molecular weight excluding hydrogens is 358 g/mol. The highest BCUT2D eigenvalue weighted by atomic mass is 16.3. The van der Waals surface area contributed by atoms with Crippen LogP contribution in [0.2, 0.25) is 0 Å². The molecule has 8 nitrogen and oxygen atoms in total. The van der Waals surface area contributed by atoms with Crippen molar-refractivity contribution in [2.45, 2.75) is 0 Å². The third kappa shape index (κ3) is 2.24. The van der Waals surface area contributed by atoms with Crippen LogP contribution in [0, 0.1) is 0 Å². The number of aromatic amines is 1. The monoisotopic (exact) mass is 373 g/mol. The van der Waals surface area contributed by atoms with Gasteiger partial charge in [-0.2, -0.15) is 0 Å². The Kier molecular flexibility index (Phi) is 3.35. The molecule has 1 aromatic carbocycles. The third-order valence-corrected chi connectivity index (χ3v) is 4.83. The molecule has 0 aliphatic rings. The number of nitrogens with zero attached hydrogens (tertiary/aromatic N) is 4. The van der Waals surface area contributed by atoms with Gasteiger partial charge in [0.05, 0.1) is 22.7 Å². The smallest absolute Gasteiger partial charge is 0.332 e. The van der Waals surface area contributed by atoms with Crippen LogP contribution >= 0.6 is 0 Å². The van der Waals surface area contributed by atoms with Crippen LogP contribution in [0.25, 0.3) is 44.9 Å². The molecule has 0 saturated heterocycles. The van der Waals surface area contributed by atoms with Crippen LogP contribution in [-0.2, 0) is 14.1 Å². The van der Waals surface area contributed by atoms with E-state index in [1.54, 1.807) is 31.5 Å². The summed E-state index contributed by atoms with van der Waals surface area (Å²) in [4.78, 5) is 37.6. The van der Waals surface area contributed by atoms with E-state index >= 15 is 0 Å². The summed E-state index contributed by atoms with van der Waals surface area (Å²) in [6.07, 6.45) is 1.55. The highest BCUT2D eigenvalue weighted by Crippen LogP contribution is 2.32. The van der Waals surface area contributed by atoms with Gasteiger partial charge in [-0.25, -0.2) is 14.8 Å². The summed E-state index contributed by atoms with van der Waals surface area (Å²) in [5.41, 5.74) is 2.24. The van der Waals surface area contributed by atoms with Gasteiger partial charge in [0.15, 0.2) is 5.76 Å². The van der Waals surface area contributed by atoms with Crippen LogP contribution in [0.5, 0.6) is 0 Å². The summed E-state index contributed by atoms with van der Waals surface area (Å²) >= 11 is 0. The second-order valence-electron chi connectivity index (χ2n) is 6.54. The number of furan rings is 1. The molecule has 0 amide bonds. The molecular formula is C20H15N5O3. The van der Waals surface area contributed by atoms with Gasteiger partial charge < -0.3 is 9.40 Å². The number of pyridine rings is 1. The molecule has 4 heterocycles. The van der Waals surface area contributed by atoms with Gasteiger partial charge in [-0.1, -0.05) is 12.1 Å². The fourth-order valence-electron chi connectivity index (χ4n) is 3.36. The number of fused-ring (bicyclic) bond motifs is 2. The van der Waals surface area contributed by atoms with E-state index in [0.29, 0.717) is 33.9 Å². The van der Waals surface area contributed by atoms with Crippen LogP contribution in [-0.4, -0.2) is 24.1 Å². The molecule has 0 fully saturated rings. The second kappa shape index (κ2) is 5.78.